The highest BCUT2D eigenvalue weighted by Gasteiger charge is 2.19. The minimum atomic E-state index is 0.556. The van der Waals surface area contributed by atoms with Gasteiger partial charge in [0.25, 0.3) is 0 Å². The van der Waals surface area contributed by atoms with Gasteiger partial charge in [0.1, 0.15) is 0 Å². The molecular formula is C15H25NS2. The third-order valence-corrected chi connectivity index (χ3v) is 5.94. The van der Waals surface area contributed by atoms with Crippen molar-refractivity contribution in [1.82, 2.24) is 5.32 Å². The molecule has 1 nitrogen and oxygen atoms in total. The largest absolute Gasteiger partial charge is 0.309 e. The third-order valence-electron chi connectivity index (χ3n) is 3.59. The van der Waals surface area contributed by atoms with Crippen LogP contribution < -0.4 is 5.32 Å². The maximum atomic E-state index is 3.71. The number of rotatable bonds is 7. The van der Waals surface area contributed by atoms with Crippen LogP contribution in [0.4, 0.5) is 0 Å². The molecule has 1 N–H and O–H groups in total. The molecule has 1 aliphatic carbocycles. The van der Waals surface area contributed by atoms with Gasteiger partial charge in [-0.15, -0.1) is 11.3 Å². The molecule has 1 unspecified atom stereocenters. The van der Waals surface area contributed by atoms with Crippen molar-refractivity contribution in [2.75, 3.05) is 12.3 Å². The van der Waals surface area contributed by atoms with Crippen LogP contribution in [0.15, 0.2) is 11.4 Å². The van der Waals surface area contributed by atoms with Gasteiger partial charge in [-0.2, -0.15) is 11.8 Å². The van der Waals surface area contributed by atoms with E-state index < -0.39 is 0 Å². The Labute approximate surface area is 120 Å². The second kappa shape index (κ2) is 7.56. The van der Waals surface area contributed by atoms with Crippen molar-refractivity contribution in [2.24, 2.45) is 0 Å². The fourth-order valence-corrected chi connectivity index (χ4v) is 4.73. The van der Waals surface area contributed by atoms with Crippen molar-refractivity contribution in [3.8, 4) is 0 Å². The van der Waals surface area contributed by atoms with Crippen LogP contribution in [0.3, 0.4) is 0 Å². The highest BCUT2D eigenvalue weighted by molar-refractivity contribution is 7.99. The van der Waals surface area contributed by atoms with Crippen molar-refractivity contribution in [1.29, 1.82) is 0 Å². The molecule has 102 valence electrons. The Balaban J connectivity index is 1.87. The molecule has 0 aromatic carbocycles. The van der Waals surface area contributed by atoms with Crippen LogP contribution in [-0.2, 0) is 0 Å². The van der Waals surface area contributed by atoms with E-state index in [1.165, 1.54) is 48.3 Å². The quantitative estimate of drug-likeness (QED) is 0.773. The fourth-order valence-electron chi connectivity index (χ4n) is 2.53. The van der Waals surface area contributed by atoms with E-state index in [0.717, 1.165) is 11.8 Å². The Morgan fingerprint density at radius 2 is 2.22 bits per heavy atom. The number of thiophene rings is 1. The van der Waals surface area contributed by atoms with Crippen LogP contribution in [0, 0.1) is 6.92 Å². The third kappa shape index (κ3) is 4.29. The van der Waals surface area contributed by atoms with Crippen LogP contribution >= 0.6 is 23.1 Å². The first-order valence-corrected chi connectivity index (χ1v) is 9.12. The van der Waals surface area contributed by atoms with Gasteiger partial charge >= 0.3 is 0 Å². The number of nitrogens with one attached hydrogen (secondary N) is 1. The monoisotopic (exact) mass is 283 g/mol. The van der Waals surface area contributed by atoms with Gasteiger partial charge in [-0.05, 0) is 49.7 Å². The van der Waals surface area contributed by atoms with Gasteiger partial charge in [-0.3, -0.25) is 0 Å². The summed E-state index contributed by atoms with van der Waals surface area (Å²) in [6.07, 6.45) is 6.99. The molecule has 1 aliphatic rings. The van der Waals surface area contributed by atoms with Crippen LogP contribution in [0.5, 0.6) is 0 Å². The van der Waals surface area contributed by atoms with E-state index in [0.29, 0.717) is 6.04 Å². The van der Waals surface area contributed by atoms with Crippen LogP contribution in [0.2, 0.25) is 0 Å². The molecule has 0 bridgehead atoms. The minimum Gasteiger partial charge on any atom is -0.309 e. The molecule has 1 saturated carbocycles. The van der Waals surface area contributed by atoms with Crippen molar-refractivity contribution >= 4 is 23.1 Å². The van der Waals surface area contributed by atoms with E-state index >= 15 is 0 Å². The van der Waals surface area contributed by atoms with Crippen molar-refractivity contribution in [3.05, 3.63) is 21.9 Å². The standard InChI is InChI=1S/C15H25NS2/c1-3-8-16-15(13-9-12(2)17-10-13)11-18-14-6-4-5-7-14/h9-10,14-16H,3-8,11H2,1-2H3. The zero-order valence-corrected chi connectivity index (χ0v) is 13.2. The van der Waals surface area contributed by atoms with Gasteiger partial charge in [0.05, 0.1) is 0 Å². The molecule has 0 radical (unpaired) electrons. The molecule has 0 spiro atoms. The molecule has 3 heteroatoms. The molecule has 1 heterocycles. The topological polar surface area (TPSA) is 12.0 Å². The normalized spacial score (nSPS) is 18.3. The maximum absolute atomic E-state index is 3.71. The lowest BCUT2D eigenvalue weighted by Crippen LogP contribution is -2.24. The van der Waals surface area contributed by atoms with Gasteiger partial charge in [-0.25, -0.2) is 0 Å². The SMILES string of the molecule is CCCNC(CSC1CCCC1)c1csc(C)c1. The van der Waals surface area contributed by atoms with Gasteiger partial charge in [-0.1, -0.05) is 19.8 Å². The van der Waals surface area contributed by atoms with E-state index in [1.54, 1.807) is 0 Å². The van der Waals surface area contributed by atoms with Crippen LogP contribution in [0.25, 0.3) is 0 Å². The first kappa shape index (κ1) is 14.4. The minimum absolute atomic E-state index is 0.556. The molecule has 0 saturated heterocycles. The smallest absolute Gasteiger partial charge is 0.0420 e. The molecular weight excluding hydrogens is 258 g/mol. The highest BCUT2D eigenvalue weighted by atomic mass is 32.2. The zero-order valence-electron chi connectivity index (χ0n) is 11.6. The summed E-state index contributed by atoms with van der Waals surface area (Å²) in [5.41, 5.74) is 1.50. The Kier molecular flexibility index (Phi) is 6.06. The molecule has 0 aliphatic heterocycles. The van der Waals surface area contributed by atoms with Gasteiger partial charge in [0.15, 0.2) is 0 Å². The predicted octanol–water partition coefficient (Wildman–Crippen LogP) is 4.77. The van der Waals surface area contributed by atoms with Crippen molar-refractivity contribution in [3.63, 3.8) is 0 Å². The summed E-state index contributed by atoms with van der Waals surface area (Å²) in [6, 6.07) is 2.91. The number of thioether (sulfide) groups is 1. The lowest BCUT2D eigenvalue weighted by molar-refractivity contribution is 0.578. The molecule has 1 aromatic heterocycles. The van der Waals surface area contributed by atoms with E-state index in [2.05, 4.69) is 42.4 Å². The Morgan fingerprint density at radius 1 is 1.44 bits per heavy atom. The van der Waals surface area contributed by atoms with E-state index in [-0.39, 0.29) is 0 Å². The first-order chi connectivity index (χ1) is 8.79. The molecule has 2 rings (SSSR count). The van der Waals surface area contributed by atoms with Crippen molar-refractivity contribution in [2.45, 2.75) is 57.2 Å². The van der Waals surface area contributed by atoms with Gasteiger partial charge < -0.3 is 5.32 Å². The zero-order chi connectivity index (χ0) is 12.8. The average molecular weight is 284 g/mol. The summed E-state index contributed by atoms with van der Waals surface area (Å²) in [7, 11) is 0. The summed E-state index contributed by atoms with van der Waals surface area (Å²) in [6.45, 7) is 5.58. The Bertz CT molecular complexity index is 342. The molecule has 1 atom stereocenters. The van der Waals surface area contributed by atoms with Gasteiger partial charge in [0, 0.05) is 21.9 Å². The second-order valence-corrected chi connectivity index (χ2v) is 7.69. The van der Waals surface area contributed by atoms with E-state index in [9.17, 15) is 0 Å². The fraction of sp³-hybridized carbons (Fsp3) is 0.733. The summed E-state index contributed by atoms with van der Waals surface area (Å²) < 4.78 is 0. The molecule has 0 amide bonds. The summed E-state index contributed by atoms with van der Waals surface area (Å²) in [5, 5.41) is 6.97. The first-order valence-electron chi connectivity index (χ1n) is 7.19. The lowest BCUT2D eigenvalue weighted by Gasteiger charge is -2.19. The Hall–Kier alpha value is 0.0100. The van der Waals surface area contributed by atoms with Crippen LogP contribution in [-0.4, -0.2) is 17.5 Å². The molecule has 1 aromatic rings. The summed E-state index contributed by atoms with van der Waals surface area (Å²) >= 11 is 4.06. The summed E-state index contributed by atoms with van der Waals surface area (Å²) in [5.74, 6) is 1.24. The van der Waals surface area contributed by atoms with Crippen molar-refractivity contribution < 1.29 is 0 Å². The average Bonchev–Trinajstić information content (AvgIpc) is 3.01. The predicted molar refractivity (Wildman–Crippen MR) is 84.8 cm³/mol. The maximum Gasteiger partial charge on any atom is 0.0420 e. The number of aryl methyl sites for hydroxylation is 1. The second-order valence-electron chi connectivity index (χ2n) is 5.24. The van der Waals surface area contributed by atoms with E-state index in [4.69, 9.17) is 0 Å². The van der Waals surface area contributed by atoms with Gasteiger partial charge in [0.2, 0.25) is 0 Å². The Morgan fingerprint density at radius 3 is 2.83 bits per heavy atom. The highest BCUT2D eigenvalue weighted by Crippen LogP contribution is 2.32. The van der Waals surface area contributed by atoms with Crippen LogP contribution in [0.1, 0.15) is 55.5 Å². The number of hydrogen-bond acceptors (Lipinski definition) is 3. The van der Waals surface area contributed by atoms with E-state index in [1.807, 2.05) is 11.3 Å². The lowest BCUT2D eigenvalue weighted by atomic mass is 10.1. The molecule has 18 heavy (non-hydrogen) atoms. The molecule has 1 fully saturated rings. The summed E-state index contributed by atoms with van der Waals surface area (Å²) in [4.78, 5) is 1.43. The number of hydrogen-bond donors (Lipinski definition) is 1.